The number of carbonyl (C=O) groups excluding carboxylic acids is 3. The molecule has 6 atom stereocenters. The number of amides is 2. The van der Waals surface area contributed by atoms with Gasteiger partial charge in [0, 0.05) is 12.6 Å². The van der Waals surface area contributed by atoms with E-state index >= 15 is 0 Å². The van der Waals surface area contributed by atoms with Crippen LogP contribution in [0.15, 0.2) is 60.6 Å². The lowest BCUT2D eigenvalue weighted by Crippen LogP contribution is -2.76. The zero-order valence-electron chi connectivity index (χ0n) is 23.2. The maximum absolute atomic E-state index is 15.0. The fourth-order valence-electron chi connectivity index (χ4n) is 6.05. The molecule has 2 spiro atoms. The van der Waals surface area contributed by atoms with Gasteiger partial charge in [0.25, 0.3) is 11.8 Å². The molecule has 0 radical (unpaired) electrons. The van der Waals surface area contributed by atoms with E-state index in [2.05, 4.69) is 0 Å². The first-order valence-corrected chi connectivity index (χ1v) is 18.0. The highest BCUT2D eigenvalue weighted by Gasteiger charge is 2.75. The Kier molecular flexibility index (Phi) is 7.21. The number of hydrogen-bond acceptors (Lipinski definition) is 14. The number of hydrogen-bond donors (Lipinski definition) is 2. The molecule has 4 fully saturated rings. The molecule has 6 aliphatic heterocycles. The number of rotatable bonds is 2. The fourth-order valence-corrected chi connectivity index (χ4v) is 13.8. The predicted molar refractivity (Wildman–Crippen MR) is 164 cm³/mol. The summed E-state index contributed by atoms with van der Waals surface area (Å²) >= 11 is 0. The van der Waals surface area contributed by atoms with Crippen LogP contribution in [0.25, 0.3) is 0 Å². The molecule has 230 valence electrons. The number of nitrogens with zero attached hydrogens (tertiary/aromatic N) is 2. The molecule has 2 N–H and O–H groups in total. The molecule has 0 aromatic heterocycles. The topological polar surface area (TPSA) is 144 Å². The number of carbonyl (C=O) groups is 3. The molecule has 4 saturated heterocycles. The van der Waals surface area contributed by atoms with Gasteiger partial charge in [-0.25, -0.2) is 4.79 Å². The number of likely N-dealkylation sites (N-methyl/N-ethyl adjacent to an activating group) is 1. The second-order valence-electron chi connectivity index (χ2n) is 10.3. The molecular weight excluding hydrogens is 653 g/mol. The molecule has 44 heavy (non-hydrogen) atoms. The quantitative estimate of drug-likeness (QED) is 0.353. The van der Waals surface area contributed by atoms with E-state index in [4.69, 9.17) is 23.7 Å². The van der Waals surface area contributed by atoms with Crippen molar-refractivity contribution in [3.05, 3.63) is 71.7 Å². The van der Waals surface area contributed by atoms with E-state index in [0.29, 0.717) is 11.5 Å². The predicted octanol–water partition coefficient (Wildman–Crippen LogP) is 3.62. The standard InChI is InChI=1S/C28H24N2O10S4/c1-29-25(34)28-23(32)15-12-38-9-8-18-21(15)30(28)26(35)27(29,41-43-44-42-28)22(31)13-4-6-16(36-2)19(10-13)39-20-11-14(24(33)40-18)5-7-17(20)37-3/h4-12,18,21-23,31-32H,1-3H3/t18-,21-,22-,23+,27+,28-/m0/s1. The van der Waals surface area contributed by atoms with E-state index in [0.717, 1.165) is 21.6 Å². The third kappa shape index (κ3) is 3.94. The maximum Gasteiger partial charge on any atom is 0.338 e. The van der Waals surface area contributed by atoms with Crippen molar-refractivity contribution >= 4 is 59.0 Å². The summed E-state index contributed by atoms with van der Waals surface area (Å²) in [6.45, 7) is 0. The van der Waals surface area contributed by atoms with Gasteiger partial charge in [-0.05, 0) is 83.2 Å². The van der Waals surface area contributed by atoms with Gasteiger partial charge in [-0.2, -0.15) is 0 Å². The van der Waals surface area contributed by atoms with E-state index in [-0.39, 0.29) is 28.2 Å². The van der Waals surface area contributed by atoms with Crippen molar-refractivity contribution < 1.29 is 48.3 Å². The Morgan fingerprint density at radius 2 is 1.57 bits per heavy atom. The number of piperazine rings is 1. The molecule has 2 aromatic rings. The van der Waals surface area contributed by atoms with Crippen LogP contribution in [0.3, 0.4) is 0 Å². The van der Waals surface area contributed by atoms with Gasteiger partial charge in [-0.15, -0.1) is 0 Å². The third-order valence-corrected chi connectivity index (χ3v) is 15.5. The van der Waals surface area contributed by atoms with Crippen LogP contribution in [0.2, 0.25) is 0 Å². The highest BCUT2D eigenvalue weighted by atomic mass is 33.7. The fraction of sp³-hybridized carbons (Fsp3) is 0.321. The monoisotopic (exact) mass is 676 g/mol. The zero-order valence-corrected chi connectivity index (χ0v) is 26.5. The molecule has 2 aromatic carbocycles. The van der Waals surface area contributed by atoms with Crippen molar-refractivity contribution in [2.75, 3.05) is 21.3 Å². The molecule has 0 saturated carbocycles. The smallest absolute Gasteiger partial charge is 0.338 e. The van der Waals surface area contributed by atoms with Crippen LogP contribution in [-0.2, 0) is 19.1 Å². The first-order valence-electron chi connectivity index (χ1n) is 13.1. The van der Waals surface area contributed by atoms with Crippen molar-refractivity contribution in [1.82, 2.24) is 9.80 Å². The average molecular weight is 677 g/mol. The van der Waals surface area contributed by atoms with E-state index in [1.807, 2.05) is 0 Å². The first-order chi connectivity index (χ1) is 21.2. The summed E-state index contributed by atoms with van der Waals surface area (Å²) in [7, 11) is 8.77. The van der Waals surface area contributed by atoms with Gasteiger partial charge in [0.05, 0.1) is 32.3 Å². The molecule has 6 aliphatic rings. The van der Waals surface area contributed by atoms with E-state index in [1.54, 1.807) is 18.2 Å². The van der Waals surface area contributed by atoms with E-state index in [1.165, 1.54) is 87.5 Å². The highest BCUT2D eigenvalue weighted by Crippen LogP contribution is 2.67. The van der Waals surface area contributed by atoms with Gasteiger partial charge < -0.3 is 43.7 Å². The first kappa shape index (κ1) is 29.6. The SMILES string of the molecule is COc1ccc2cc1Oc1cc(ccc1OC)[C@H](O)[C@]13SSSS[C@]4(C(=O)N1C)[C@H](O)C1=COC=C[C@H](OC2=O)[C@H]1N4C3=O. The van der Waals surface area contributed by atoms with E-state index < -0.39 is 51.9 Å². The molecule has 2 amide bonds. The Labute approximate surface area is 266 Å². The molecule has 16 heteroatoms. The Morgan fingerprint density at radius 1 is 0.886 bits per heavy atom. The van der Waals surface area contributed by atoms with Crippen LogP contribution in [0.1, 0.15) is 22.0 Å². The van der Waals surface area contributed by atoms with Crippen molar-refractivity contribution in [3.63, 3.8) is 0 Å². The summed E-state index contributed by atoms with van der Waals surface area (Å²) in [5.41, 5.74) is 0.530. The van der Waals surface area contributed by atoms with Gasteiger partial charge in [-0.1, -0.05) is 6.07 Å². The Bertz CT molecular complexity index is 1650. The van der Waals surface area contributed by atoms with Crippen LogP contribution < -0.4 is 14.2 Å². The minimum Gasteiger partial charge on any atom is -0.493 e. The lowest BCUT2D eigenvalue weighted by Gasteiger charge is -2.56. The normalized spacial score (nSPS) is 32.2. The number of benzene rings is 2. The van der Waals surface area contributed by atoms with Gasteiger partial charge in [0.15, 0.2) is 23.0 Å². The Morgan fingerprint density at radius 3 is 2.30 bits per heavy atom. The maximum atomic E-state index is 15.0. The lowest BCUT2D eigenvalue weighted by atomic mass is 9.93. The molecule has 6 heterocycles. The summed E-state index contributed by atoms with van der Waals surface area (Å²) in [5.74, 6) is -1.11. The largest absolute Gasteiger partial charge is 0.493 e. The van der Waals surface area contributed by atoms with Gasteiger partial charge in [-0.3, -0.25) is 9.59 Å². The van der Waals surface area contributed by atoms with Crippen LogP contribution in [0, 0.1) is 0 Å². The molecule has 0 unspecified atom stereocenters. The minimum absolute atomic E-state index is 0.105. The highest BCUT2D eigenvalue weighted by molar-refractivity contribution is 9.26. The Hall–Kier alpha value is -3.15. The van der Waals surface area contributed by atoms with Crippen LogP contribution >= 0.6 is 41.2 Å². The number of esters is 1. The van der Waals surface area contributed by atoms with Gasteiger partial charge in [0.2, 0.25) is 9.74 Å². The summed E-state index contributed by atoms with van der Waals surface area (Å²) < 4.78 is 28.7. The third-order valence-electron chi connectivity index (χ3n) is 8.25. The number of ether oxygens (including phenoxy) is 5. The van der Waals surface area contributed by atoms with Gasteiger partial charge >= 0.3 is 5.97 Å². The number of fused-ring (bicyclic) bond motifs is 8. The average Bonchev–Trinajstić information content (AvgIpc) is 3.12. The van der Waals surface area contributed by atoms with Crippen molar-refractivity contribution in [2.45, 2.75) is 34.1 Å². The summed E-state index contributed by atoms with van der Waals surface area (Å²) in [5, 5.41) is 23.9. The van der Waals surface area contributed by atoms with Crippen molar-refractivity contribution in [1.29, 1.82) is 0 Å². The van der Waals surface area contributed by atoms with E-state index in [9.17, 15) is 24.6 Å². The summed E-state index contributed by atoms with van der Waals surface area (Å²) in [6.07, 6.45) is -0.278. The van der Waals surface area contributed by atoms with Crippen molar-refractivity contribution in [3.8, 4) is 23.0 Å². The van der Waals surface area contributed by atoms with Crippen LogP contribution in [-0.4, -0.2) is 87.1 Å². The zero-order chi connectivity index (χ0) is 31.0. The number of aliphatic hydroxyl groups excluding tert-OH is 2. The van der Waals surface area contributed by atoms with Gasteiger partial charge in [0.1, 0.15) is 24.4 Å². The molecule has 7 bridgehead atoms. The lowest BCUT2D eigenvalue weighted by molar-refractivity contribution is -0.174. The molecule has 12 nitrogen and oxygen atoms in total. The minimum atomic E-state index is -1.90. The summed E-state index contributed by atoms with van der Waals surface area (Å²) in [6, 6.07) is 8.02. The molecular formula is C28H24N2O10S4. The summed E-state index contributed by atoms with van der Waals surface area (Å²) in [4.78, 5) is 41.8. The number of aliphatic hydroxyl groups is 2. The van der Waals surface area contributed by atoms with Crippen LogP contribution in [0.5, 0.6) is 23.0 Å². The second-order valence-corrected chi connectivity index (χ2v) is 16.4. The number of methoxy groups -OCH3 is 2. The van der Waals surface area contributed by atoms with Crippen LogP contribution in [0.4, 0.5) is 0 Å². The Balaban J connectivity index is 1.51. The molecule has 8 rings (SSSR count). The second kappa shape index (κ2) is 10.7. The van der Waals surface area contributed by atoms with Crippen molar-refractivity contribution in [2.24, 2.45) is 0 Å². The molecule has 0 aliphatic carbocycles.